The highest BCUT2D eigenvalue weighted by Crippen LogP contribution is 2.55. The van der Waals surface area contributed by atoms with Gasteiger partial charge in [-0.05, 0) is 37.0 Å². The largest absolute Gasteiger partial charge is 0.488 e. The van der Waals surface area contributed by atoms with Gasteiger partial charge in [-0.2, -0.15) is 0 Å². The van der Waals surface area contributed by atoms with Crippen molar-refractivity contribution in [2.24, 2.45) is 0 Å². The molecule has 3 aromatic carbocycles. The van der Waals surface area contributed by atoms with E-state index in [-0.39, 0.29) is 53.0 Å². The maximum atomic E-state index is 15.8. The maximum absolute atomic E-state index is 15.8. The van der Waals surface area contributed by atoms with Crippen molar-refractivity contribution >= 4 is 11.6 Å². The Morgan fingerprint density at radius 3 is 2.56 bits per heavy atom. The summed E-state index contributed by atoms with van der Waals surface area (Å²) in [7, 11) is 0. The smallest absolute Gasteiger partial charge is 0.176 e. The zero-order chi connectivity index (χ0) is 25.4. The first-order valence-corrected chi connectivity index (χ1v) is 12.5. The lowest BCUT2D eigenvalue weighted by Crippen LogP contribution is -2.49. The second-order valence-electron chi connectivity index (χ2n) is 9.37. The van der Waals surface area contributed by atoms with Gasteiger partial charge in [0.25, 0.3) is 0 Å². The molecule has 2 aliphatic rings. The first-order chi connectivity index (χ1) is 17.4. The number of benzene rings is 3. The molecule has 1 saturated carbocycles. The number of aryl methyl sites for hydroxylation is 1. The van der Waals surface area contributed by atoms with Crippen molar-refractivity contribution in [2.75, 3.05) is 19.8 Å². The lowest BCUT2D eigenvalue weighted by atomic mass is 9.82. The number of nitrogens with one attached hydrogen (secondary N) is 1. The third-order valence-corrected chi connectivity index (χ3v) is 7.53. The van der Waals surface area contributed by atoms with Gasteiger partial charge in [-0.1, -0.05) is 54.4 Å². The number of rotatable bonds is 8. The van der Waals surface area contributed by atoms with Crippen molar-refractivity contribution in [3.63, 3.8) is 0 Å². The number of hydrogen-bond acceptors (Lipinski definition) is 5. The molecule has 1 fully saturated rings. The fraction of sp³-hybridized carbons (Fsp3) is 0.357. The number of aliphatic hydroxyl groups excluding tert-OH is 2. The van der Waals surface area contributed by atoms with Gasteiger partial charge < -0.3 is 25.0 Å². The Morgan fingerprint density at radius 2 is 1.89 bits per heavy atom. The molecule has 5 nitrogen and oxygen atoms in total. The summed E-state index contributed by atoms with van der Waals surface area (Å²) in [5.74, 6) is -1.53. The van der Waals surface area contributed by atoms with Crippen LogP contribution in [0.15, 0.2) is 48.5 Å². The Kier molecular flexibility index (Phi) is 6.92. The second-order valence-corrected chi connectivity index (χ2v) is 9.75. The number of hydrogen-bond donors (Lipinski definition) is 3. The summed E-state index contributed by atoms with van der Waals surface area (Å²) in [6.45, 7) is 1.55. The van der Waals surface area contributed by atoms with Crippen molar-refractivity contribution in [3.8, 4) is 22.6 Å². The molecule has 0 bridgehead atoms. The molecule has 1 heterocycles. The average molecular weight is 516 g/mol. The van der Waals surface area contributed by atoms with Crippen molar-refractivity contribution in [1.82, 2.24) is 5.32 Å². The minimum Gasteiger partial charge on any atom is -0.488 e. The maximum Gasteiger partial charge on any atom is 0.176 e. The number of fused-ring (bicyclic) bond motifs is 1. The number of ether oxygens (including phenoxy) is 2. The van der Waals surface area contributed by atoms with Crippen LogP contribution in [0.1, 0.15) is 42.1 Å². The van der Waals surface area contributed by atoms with Crippen LogP contribution in [0, 0.1) is 18.6 Å². The third kappa shape index (κ3) is 4.14. The van der Waals surface area contributed by atoms with E-state index in [1.54, 1.807) is 13.0 Å². The van der Waals surface area contributed by atoms with Crippen molar-refractivity contribution in [2.45, 2.75) is 43.9 Å². The van der Waals surface area contributed by atoms with E-state index in [1.165, 1.54) is 6.07 Å². The van der Waals surface area contributed by atoms with Gasteiger partial charge in [-0.3, -0.25) is 0 Å². The Bertz CT molecular complexity index is 1270. The molecule has 5 rings (SSSR count). The molecule has 36 heavy (non-hydrogen) atoms. The molecule has 3 aromatic rings. The van der Waals surface area contributed by atoms with Gasteiger partial charge in [-0.25, -0.2) is 8.78 Å². The highest BCUT2D eigenvalue weighted by molar-refractivity contribution is 6.34. The number of aliphatic hydroxyl groups is 2. The van der Waals surface area contributed by atoms with Crippen LogP contribution < -0.4 is 14.8 Å². The Balaban J connectivity index is 1.68. The van der Waals surface area contributed by atoms with E-state index in [0.29, 0.717) is 17.2 Å². The molecule has 1 aliphatic heterocycles. The number of halogens is 3. The highest BCUT2D eigenvalue weighted by atomic mass is 35.5. The first-order valence-electron chi connectivity index (χ1n) is 12.1. The van der Waals surface area contributed by atoms with E-state index in [4.69, 9.17) is 26.2 Å². The van der Waals surface area contributed by atoms with Gasteiger partial charge >= 0.3 is 0 Å². The van der Waals surface area contributed by atoms with E-state index >= 15 is 8.78 Å². The van der Waals surface area contributed by atoms with E-state index in [9.17, 15) is 5.11 Å². The van der Waals surface area contributed by atoms with Gasteiger partial charge in [0.2, 0.25) is 0 Å². The van der Waals surface area contributed by atoms with Crippen LogP contribution in [0.25, 0.3) is 11.1 Å². The zero-order valence-corrected chi connectivity index (χ0v) is 20.6. The van der Waals surface area contributed by atoms with Gasteiger partial charge in [0, 0.05) is 35.3 Å². The summed E-state index contributed by atoms with van der Waals surface area (Å²) in [6.07, 6.45) is 1.93. The summed E-state index contributed by atoms with van der Waals surface area (Å²) in [6, 6.07) is 13.8. The normalized spacial score (nSPS) is 21.1. The summed E-state index contributed by atoms with van der Waals surface area (Å²) < 4.78 is 42.6. The van der Waals surface area contributed by atoms with Crippen LogP contribution in [0.2, 0.25) is 5.02 Å². The lowest BCUT2D eigenvalue weighted by molar-refractivity contribution is -0.0349. The molecule has 0 unspecified atom stereocenters. The van der Waals surface area contributed by atoms with Crippen LogP contribution in [-0.2, 0) is 5.60 Å². The van der Waals surface area contributed by atoms with Crippen molar-refractivity contribution in [1.29, 1.82) is 0 Å². The molecule has 1 aliphatic carbocycles. The monoisotopic (exact) mass is 515 g/mol. The standard InChI is InChI=1S/C28H28ClF2NO4/c1-16-10-11-20(35-13-12-33)26(31)22(16)24-23-21(14-19(30)25(24)29)36-28(27(23)34,15-32-18-8-5-9-18)17-6-3-2-4-7-17/h2-4,6-7,10-11,14,18,27,32-34H,5,8-9,12-13,15H2,1H3/t27-,28+/m0/s1. The Morgan fingerprint density at radius 1 is 1.14 bits per heavy atom. The van der Waals surface area contributed by atoms with Crippen LogP contribution in [0.5, 0.6) is 11.5 Å². The molecule has 0 spiro atoms. The zero-order valence-electron chi connectivity index (χ0n) is 19.9. The molecule has 190 valence electrons. The summed E-state index contributed by atoms with van der Waals surface area (Å²) in [5.41, 5.74) is 0.202. The Hall–Kier alpha value is -2.71. The molecule has 0 radical (unpaired) electrons. The van der Waals surface area contributed by atoms with Crippen LogP contribution in [-0.4, -0.2) is 36.0 Å². The molecule has 0 aromatic heterocycles. The summed E-state index contributed by atoms with van der Waals surface area (Å²) in [5, 5.41) is 24.1. The van der Waals surface area contributed by atoms with Crippen LogP contribution >= 0.6 is 11.6 Å². The molecular weight excluding hydrogens is 488 g/mol. The average Bonchev–Trinajstić information content (AvgIpc) is 3.12. The molecule has 0 amide bonds. The van der Waals surface area contributed by atoms with Crippen LogP contribution in [0.3, 0.4) is 0 Å². The van der Waals surface area contributed by atoms with E-state index < -0.39 is 23.3 Å². The van der Waals surface area contributed by atoms with Gasteiger partial charge in [-0.15, -0.1) is 0 Å². The fourth-order valence-corrected chi connectivity index (χ4v) is 5.26. The van der Waals surface area contributed by atoms with E-state index in [2.05, 4.69) is 5.32 Å². The van der Waals surface area contributed by atoms with Gasteiger partial charge in [0.15, 0.2) is 17.2 Å². The minimum atomic E-state index is -1.27. The third-order valence-electron chi connectivity index (χ3n) is 7.16. The second kappa shape index (κ2) is 9.98. The van der Waals surface area contributed by atoms with E-state index in [0.717, 1.165) is 25.3 Å². The van der Waals surface area contributed by atoms with Crippen molar-refractivity contribution in [3.05, 3.63) is 81.9 Å². The summed E-state index contributed by atoms with van der Waals surface area (Å²) in [4.78, 5) is 0. The quantitative estimate of drug-likeness (QED) is 0.373. The SMILES string of the molecule is Cc1ccc(OCCO)c(F)c1-c1c(Cl)c(F)cc2c1[C@H](O)[C@@](CNC1CCC1)(c1ccccc1)O2. The Labute approximate surface area is 213 Å². The predicted octanol–water partition coefficient (Wildman–Crippen LogP) is 5.43. The first kappa shape index (κ1) is 25.0. The topological polar surface area (TPSA) is 71.0 Å². The van der Waals surface area contributed by atoms with Crippen LogP contribution in [0.4, 0.5) is 8.78 Å². The van der Waals surface area contributed by atoms with Gasteiger partial charge in [0.05, 0.1) is 11.6 Å². The molecule has 3 N–H and O–H groups in total. The van der Waals surface area contributed by atoms with Gasteiger partial charge in [0.1, 0.15) is 24.3 Å². The highest BCUT2D eigenvalue weighted by Gasteiger charge is 2.51. The molecule has 2 atom stereocenters. The minimum absolute atomic E-state index is 0.0182. The molecule has 8 heteroatoms. The summed E-state index contributed by atoms with van der Waals surface area (Å²) >= 11 is 6.47. The molecule has 0 saturated heterocycles. The predicted molar refractivity (Wildman–Crippen MR) is 133 cm³/mol. The van der Waals surface area contributed by atoms with Crippen molar-refractivity contribution < 1.29 is 28.5 Å². The molecular formula is C28H28ClF2NO4. The lowest BCUT2D eigenvalue weighted by Gasteiger charge is -2.36. The fourth-order valence-electron chi connectivity index (χ4n) is 5.01. The van der Waals surface area contributed by atoms with E-state index in [1.807, 2.05) is 30.3 Å².